The monoisotopic (exact) mass is 490 g/mol. The fraction of sp³-hybridized carbons (Fsp3) is 0.346. The molecule has 4 rings (SSSR count). The second kappa shape index (κ2) is 10.2. The molecular weight excluding hydrogens is 464 g/mol. The van der Waals surface area contributed by atoms with Crippen molar-refractivity contribution in [1.29, 1.82) is 5.26 Å². The van der Waals surface area contributed by atoms with Gasteiger partial charge in [0.15, 0.2) is 6.10 Å². The topological polar surface area (TPSA) is 129 Å². The van der Waals surface area contributed by atoms with Gasteiger partial charge in [-0.15, -0.1) is 0 Å². The Hall–Kier alpha value is -4.23. The van der Waals surface area contributed by atoms with Crippen molar-refractivity contribution in [2.75, 3.05) is 30.4 Å². The van der Waals surface area contributed by atoms with Crippen LogP contribution in [0.3, 0.4) is 0 Å². The molecule has 2 aliphatic rings. The van der Waals surface area contributed by atoms with Crippen LogP contribution in [0.2, 0.25) is 0 Å². The summed E-state index contributed by atoms with van der Waals surface area (Å²) in [6.07, 6.45) is -2.37. The highest BCUT2D eigenvalue weighted by Crippen LogP contribution is 2.29. The number of carbonyl (C=O) groups excluding carboxylic acids is 4. The van der Waals surface area contributed by atoms with E-state index in [2.05, 4.69) is 11.4 Å². The Morgan fingerprint density at radius 2 is 2.03 bits per heavy atom. The number of hydrogen-bond acceptors (Lipinski definition) is 7. The SMILES string of the molecule is CCc1cc(C#N)ccc1NC(=O)C(OC(C)=O)C1OCCN(c2ccc3c(c2)C(=O)N(C)C3)C1=O. The van der Waals surface area contributed by atoms with Crippen molar-refractivity contribution in [2.24, 2.45) is 0 Å². The molecule has 10 nitrogen and oxygen atoms in total. The first-order valence-corrected chi connectivity index (χ1v) is 11.6. The molecule has 1 saturated heterocycles. The fourth-order valence-corrected chi connectivity index (χ4v) is 4.39. The fourth-order valence-electron chi connectivity index (χ4n) is 4.39. The van der Waals surface area contributed by atoms with Gasteiger partial charge in [-0.3, -0.25) is 19.2 Å². The predicted molar refractivity (Wildman–Crippen MR) is 129 cm³/mol. The van der Waals surface area contributed by atoms with E-state index in [1.807, 2.05) is 6.92 Å². The zero-order chi connectivity index (χ0) is 26.0. The molecule has 1 fully saturated rings. The van der Waals surface area contributed by atoms with Gasteiger partial charge in [0.1, 0.15) is 0 Å². The number of nitrogens with zero attached hydrogens (tertiary/aromatic N) is 3. The van der Waals surface area contributed by atoms with Crippen molar-refractivity contribution in [1.82, 2.24) is 4.90 Å². The molecule has 0 spiro atoms. The van der Waals surface area contributed by atoms with Gasteiger partial charge in [0.05, 0.1) is 18.2 Å². The molecule has 0 aromatic heterocycles. The van der Waals surface area contributed by atoms with Crippen LogP contribution in [0, 0.1) is 11.3 Å². The van der Waals surface area contributed by atoms with Gasteiger partial charge in [-0.25, -0.2) is 0 Å². The molecule has 2 aliphatic heterocycles. The Bertz CT molecular complexity index is 1280. The van der Waals surface area contributed by atoms with Gasteiger partial charge in [0.2, 0.25) is 6.10 Å². The molecule has 2 atom stereocenters. The molecular formula is C26H26N4O6. The van der Waals surface area contributed by atoms with Crippen LogP contribution in [-0.4, -0.2) is 61.0 Å². The van der Waals surface area contributed by atoms with Crippen LogP contribution in [0.25, 0.3) is 0 Å². The van der Waals surface area contributed by atoms with Crippen LogP contribution in [0.4, 0.5) is 11.4 Å². The van der Waals surface area contributed by atoms with E-state index in [1.165, 1.54) is 4.90 Å². The van der Waals surface area contributed by atoms with Gasteiger partial charge in [0.25, 0.3) is 17.7 Å². The largest absolute Gasteiger partial charge is 0.449 e. The highest BCUT2D eigenvalue weighted by Gasteiger charge is 2.43. The number of amides is 3. The number of nitriles is 1. The van der Waals surface area contributed by atoms with E-state index in [1.54, 1.807) is 48.3 Å². The number of carbonyl (C=O) groups is 4. The van der Waals surface area contributed by atoms with E-state index >= 15 is 0 Å². The third-order valence-corrected chi connectivity index (χ3v) is 6.21. The first kappa shape index (κ1) is 24.9. The Morgan fingerprint density at radius 1 is 1.25 bits per heavy atom. The summed E-state index contributed by atoms with van der Waals surface area (Å²) in [5.74, 6) is -2.16. The van der Waals surface area contributed by atoms with Crippen LogP contribution in [-0.2, 0) is 36.8 Å². The molecule has 2 unspecified atom stereocenters. The van der Waals surface area contributed by atoms with E-state index in [0.29, 0.717) is 41.0 Å². The second-order valence-corrected chi connectivity index (χ2v) is 8.64. The van der Waals surface area contributed by atoms with Crippen molar-refractivity contribution in [2.45, 2.75) is 39.0 Å². The summed E-state index contributed by atoms with van der Waals surface area (Å²) in [5.41, 5.74) is 3.50. The molecule has 3 amide bonds. The van der Waals surface area contributed by atoms with Crippen LogP contribution in [0.1, 0.15) is 40.9 Å². The molecule has 0 aliphatic carbocycles. The summed E-state index contributed by atoms with van der Waals surface area (Å²) >= 11 is 0. The number of rotatable bonds is 6. The first-order chi connectivity index (χ1) is 17.2. The Kier molecular flexibility index (Phi) is 7.03. The molecule has 0 bridgehead atoms. The van der Waals surface area contributed by atoms with Gasteiger partial charge < -0.3 is 24.6 Å². The number of morpholine rings is 1. The quantitative estimate of drug-likeness (QED) is 0.613. The molecule has 10 heteroatoms. The van der Waals surface area contributed by atoms with Crippen molar-refractivity contribution < 1.29 is 28.7 Å². The minimum absolute atomic E-state index is 0.101. The maximum absolute atomic E-state index is 13.5. The van der Waals surface area contributed by atoms with E-state index in [9.17, 15) is 19.2 Å². The summed E-state index contributed by atoms with van der Waals surface area (Å²) in [4.78, 5) is 54.0. The summed E-state index contributed by atoms with van der Waals surface area (Å²) < 4.78 is 10.9. The number of fused-ring (bicyclic) bond motifs is 1. The average Bonchev–Trinajstić information content (AvgIpc) is 3.15. The van der Waals surface area contributed by atoms with Gasteiger partial charge in [0, 0.05) is 44.0 Å². The van der Waals surface area contributed by atoms with Crippen LogP contribution >= 0.6 is 0 Å². The summed E-state index contributed by atoms with van der Waals surface area (Å²) in [6.45, 7) is 3.83. The van der Waals surface area contributed by atoms with Gasteiger partial charge in [-0.05, 0) is 47.9 Å². The molecule has 36 heavy (non-hydrogen) atoms. The third-order valence-electron chi connectivity index (χ3n) is 6.21. The lowest BCUT2D eigenvalue weighted by Crippen LogP contribution is -2.56. The van der Waals surface area contributed by atoms with Crippen LogP contribution < -0.4 is 10.2 Å². The number of aryl methyl sites for hydroxylation is 1. The van der Waals surface area contributed by atoms with Crippen molar-refractivity contribution in [3.8, 4) is 6.07 Å². The lowest BCUT2D eigenvalue weighted by Gasteiger charge is -2.35. The molecule has 0 saturated carbocycles. The van der Waals surface area contributed by atoms with Crippen LogP contribution in [0.15, 0.2) is 36.4 Å². The first-order valence-electron chi connectivity index (χ1n) is 11.6. The molecule has 1 N–H and O–H groups in total. The molecule has 2 aromatic rings. The number of hydrogen-bond donors (Lipinski definition) is 1. The zero-order valence-corrected chi connectivity index (χ0v) is 20.2. The summed E-state index contributed by atoms with van der Waals surface area (Å²) in [5, 5.41) is 11.8. The lowest BCUT2D eigenvalue weighted by molar-refractivity contribution is -0.167. The van der Waals surface area contributed by atoms with E-state index in [0.717, 1.165) is 12.5 Å². The zero-order valence-electron chi connectivity index (χ0n) is 20.2. The number of ether oxygens (including phenoxy) is 2. The normalized spacial score (nSPS) is 17.9. The highest BCUT2D eigenvalue weighted by molar-refractivity contribution is 6.06. The highest BCUT2D eigenvalue weighted by atomic mass is 16.6. The average molecular weight is 491 g/mol. The number of benzene rings is 2. The van der Waals surface area contributed by atoms with E-state index in [-0.39, 0.29) is 19.1 Å². The van der Waals surface area contributed by atoms with E-state index < -0.39 is 30.0 Å². The number of esters is 1. The summed E-state index contributed by atoms with van der Waals surface area (Å²) in [6, 6.07) is 12.1. The van der Waals surface area contributed by atoms with E-state index in [4.69, 9.17) is 14.7 Å². The smallest absolute Gasteiger partial charge is 0.303 e. The minimum atomic E-state index is -1.54. The predicted octanol–water partition coefficient (Wildman–Crippen LogP) is 2.01. The number of anilines is 2. The maximum atomic E-state index is 13.5. The Labute approximate surface area is 208 Å². The van der Waals surface area contributed by atoms with Gasteiger partial charge in [-0.2, -0.15) is 5.26 Å². The van der Waals surface area contributed by atoms with Crippen molar-refractivity contribution in [3.63, 3.8) is 0 Å². The van der Waals surface area contributed by atoms with Gasteiger partial charge in [-0.1, -0.05) is 13.0 Å². The third kappa shape index (κ3) is 4.78. The molecule has 0 radical (unpaired) electrons. The minimum Gasteiger partial charge on any atom is -0.449 e. The molecule has 186 valence electrons. The summed E-state index contributed by atoms with van der Waals surface area (Å²) in [7, 11) is 1.71. The Morgan fingerprint density at radius 3 is 2.72 bits per heavy atom. The maximum Gasteiger partial charge on any atom is 0.303 e. The second-order valence-electron chi connectivity index (χ2n) is 8.64. The number of nitrogens with one attached hydrogen (secondary N) is 1. The van der Waals surface area contributed by atoms with Crippen LogP contribution in [0.5, 0.6) is 0 Å². The molecule has 2 aromatic carbocycles. The van der Waals surface area contributed by atoms with Crippen molar-refractivity contribution in [3.05, 3.63) is 58.7 Å². The lowest BCUT2D eigenvalue weighted by atomic mass is 10.0. The van der Waals surface area contributed by atoms with Crippen molar-refractivity contribution >= 4 is 35.1 Å². The standard InChI is InChI=1S/C26H26N4O6/c1-4-17-11-16(13-27)5-8-21(17)28-24(32)22(36-15(2)31)23-26(34)30(9-10-35-23)19-7-6-18-14-29(3)25(33)20(18)12-19/h5-8,11-12,22-23H,4,9-10,14H2,1-3H3,(H,28,32). The molecule has 2 heterocycles. The van der Waals surface area contributed by atoms with Gasteiger partial charge >= 0.3 is 5.97 Å². The Balaban J connectivity index is 1.59.